The maximum atomic E-state index is 12.0. The minimum atomic E-state index is -0.198. The van der Waals surface area contributed by atoms with Gasteiger partial charge in [-0.05, 0) is 18.2 Å². The van der Waals surface area contributed by atoms with Gasteiger partial charge in [0.15, 0.2) is 0 Å². The number of carbonyl (C=O) groups is 2. The molecule has 2 N–H and O–H groups in total. The van der Waals surface area contributed by atoms with Crippen molar-refractivity contribution in [1.29, 1.82) is 0 Å². The van der Waals surface area contributed by atoms with Crippen LogP contribution in [0.5, 0.6) is 0 Å². The summed E-state index contributed by atoms with van der Waals surface area (Å²) in [4.78, 5) is 33.4. The van der Waals surface area contributed by atoms with Gasteiger partial charge in [0.05, 0.1) is 29.4 Å². The van der Waals surface area contributed by atoms with Gasteiger partial charge in [-0.15, -0.1) is 0 Å². The van der Waals surface area contributed by atoms with Gasteiger partial charge in [0.25, 0.3) is 0 Å². The average Bonchev–Trinajstić information content (AvgIpc) is 2.55. The molecule has 0 spiro atoms. The van der Waals surface area contributed by atoms with E-state index >= 15 is 0 Å². The monoisotopic (exact) mass is 345 g/mol. The summed E-state index contributed by atoms with van der Waals surface area (Å²) in [5, 5.41) is 6.04. The van der Waals surface area contributed by atoms with Crippen LogP contribution in [-0.4, -0.2) is 41.4 Å². The van der Waals surface area contributed by atoms with Gasteiger partial charge in [0.1, 0.15) is 0 Å². The fraction of sp³-hybridized carbons (Fsp3) is 0.250. The maximum absolute atomic E-state index is 12.0. The fourth-order valence-electron chi connectivity index (χ4n) is 2.48. The van der Waals surface area contributed by atoms with Crippen molar-refractivity contribution in [2.75, 3.05) is 29.9 Å². The predicted molar refractivity (Wildman–Crippen MR) is 91.0 cm³/mol. The van der Waals surface area contributed by atoms with Crippen LogP contribution in [0.15, 0.2) is 36.8 Å². The zero-order valence-corrected chi connectivity index (χ0v) is 13.6. The van der Waals surface area contributed by atoms with Crippen LogP contribution in [0.3, 0.4) is 0 Å². The summed E-state index contributed by atoms with van der Waals surface area (Å²) in [5.41, 5.74) is 1.97. The number of benzene rings is 1. The molecule has 1 saturated heterocycles. The van der Waals surface area contributed by atoms with Gasteiger partial charge in [-0.25, -0.2) is 0 Å². The zero-order valence-electron chi connectivity index (χ0n) is 12.8. The molecule has 0 radical (unpaired) electrons. The van der Waals surface area contributed by atoms with Gasteiger partial charge >= 0.3 is 0 Å². The Hall–Kier alpha value is -2.67. The van der Waals surface area contributed by atoms with E-state index in [-0.39, 0.29) is 24.8 Å². The van der Waals surface area contributed by atoms with E-state index in [1.807, 2.05) is 4.90 Å². The van der Waals surface area contributed by atoms with E-state index in [1.54, 1.807) is 36.8 Å². The highest BCUT2D eigenvalue weighted by molar-refractivity contribution is 6.33. The molecule has 24 heavy (non-hydrogen) atoms. The van der Waals surface area contributed by atoms with E-state index in [2.05, 4.69) is 20.6 Å². The summed E-state index contributed by atoms with van der Waals surface area (Å²) in [7, 11) is 0. The number of hydrogen-bond acceptors (Lipinski definition) is 5. The number of carbonyl (C=O) groups excluding carboxylic acids is 2. The van der Waals surface area contributed by atoms with Crippen molar-refractivity contribution in [3.8, 4) is 0 Å². The van der Waals surface area contributed by atoms with Crippen molar-refractivity contribution in [3.63, 3.8) is 0 Å². The lowest BCUT2D eigenvalue weighted by Gasteiger charge is -2.29. The minimum Gasteiger partial charge on any atom is -0.359 e. The third-order valence-corrected chi connectivity index (χ3v) is 3.87. The van der Waals surface area contributed by atoms with E-state index in [0.29, 0.717) is 29.5 Å². The van der Waals surface area contributed by atoms with Crippen molar-refractivity contribution in [2.24, 2.45) is 0 Å². The molecule has 2 amide bonds. The van der Waals surface area contributed by atoms with Crippen molar-refractivity contribution in [2.45, 2.75) is 6.42 Å². The molecule has 7 nitrogen and oxygen atoms in total. The predicted octanol–water partition coefficient (Wildman–Crippen LogP) is 1.25. The molecule has 1 aliphatic heterocycles. The van der Waals surface area contributed by atoms with Gasteiger partial charge in [-0.1, -0.05) is 11.6 Å². The van der Waals surface area contributed by atoms with Crippen LogP contribution < -0.4 is 15.5 Å². The summed E-state index contributed by atoms with van der Waals surface area (Å²) in [6.07, 6.45) is 4.79. The molecule has 0 saturated carbocycles. The second-order valence-electron chi connectivity index (χ2n) is 5.36. The first-order chi connectivity index (χ1) is 11.6. The number of piperazine rings is 1. The summed E-state index contributed by atoms with van der Waals surface area (Å²) < 4.78 is 0. The molecule has 0 aliphatic carbocycles. The number of nitrogens with one attached hydrogen (secondary N) is 2. The molecular formula is C16H16ClN5O2. The number of rotatable bonds is 4. The largest absolute Gasteiger partial charge is 0.359 e. The highest BCUT2D eigenvalue weighted by Crippen LogP contribution is 2.29. The molecule has 2 heterocycles. The molecule has 0 unspecified atom stereocenters. The number of nitrogens with zero attached hydrogens (tertiary/aromatic N) is 3. The topological polar surface area (TPSA) is 87.2 Å². The summed E-state index contributed by atoms with van der Waals surface area (Å²) in [5.74, 6) is -0.227. The number of aromatic nitrogens is 2. The molecular weight excluding hydrogens is 330 g/mol. The van der Waals surface area contributed by atoms with Crippen LogP contribution in [0, 0.1) is 0 Å². The molecule has 0 atom stereocenters. The van der Waals surface area contributed by atoms with Gasteiger partial charge in [-0.3, -0.25) is 19.6 Å². The second kappa shape index (κ2) is 7.27. The number of anilines is 2. The van der Waals surface area contributed by atoms with Crippen molar-refractivity contribution < 1.29 is 9.59 Å². The smallest absolute Gasteiger partial charge is 0.239 e. The Morgan fingerprint density at radius 3 is 2.96 bits per heavy atom. The fourth-order valence-corrected chi connectivity index (χ4v) is 2.78. The molecule has 2 aromatic rings. The Morgan fingerprint density at radius 2 is 2.25 bits per heavy atom. The van der Waals surface area contributed by atoms with Crippen molar-refractivity contribution >= 4 is 34.8 Å². The van der Waals surface area contributed by atoms with E-state index in [4.69, 9.17) is 11.6 Å². The lowest BCUT2D eigenvalue weighted by Crippen LogP contribution is -2.47. The summed E-state index contributed by atoms with van der Waals surface area (Å²) in [6, 6.07) is 5.25. The lowest BCUT2D eigenvalue weighted by atomic mass is 10.2. The van der Waals surface area contributed by atoms with Crippen LogP contribution in [0.25, 0.3) is 0 Å². The molecule has 1 aromatic heterocycles. The van der Waals surface area contributed by atoms with E-state index in [9.17, 15) is 9.59 Å². The highest BCUT2D eigenvalue weighted by atomic mass is 35.5. The van der Waals surface area contributed by atoms with Gasteiger partial charge in [-0.2, -0.15) is 0 Å². The standard InChI is InChI=1S/C16H16ClN5O2/c17-13-7-11(21-15(23)8-12-9-18-3-4-19-12)1-2-14(13)22-6-5-20-16(24)10-22/h1-4,7,9H,5-6,8,10H2,(H,20,24)(H,21,23). The molecule has 124 valence electrons. The molecule has 1 aromatic carbocycles. The number of hydrogen-bond donors (Lipinski definition) is 2. The van der Waals surface area contributed by atoms with Crippen LogP contribution in [0.4, 0.5) is 11.4 Å². The molecule has 8 heteroatoms. The van der Waals surface area contributed by atoms with Gasteiger partial charge in [0.2, 0.25) is 11.8 Å². The number of halogens is 1. The Bertz CT molecular complexity index is 753. The first-order valence-corrected chi connectivity index (χ1v) is 7.85. The average molecular weight is 346 g/mol. The zero-order chi connectivity index (χ0) is 16.9. The first-order valence-electron chi connectivity index (χ1n) is 7.48. The quantitative estimate of drug-likeness (QED) is 0.870. The number of amides is 2. The maximum Gasteiger partial charge on any atom is 0.239 e. The normalized spacial score (nSPS) is 14.2. The van der Waals surface area contributed by atoms with Gasteiger partial charge < -0.3 is 15.5 Å². The van der Waals surface area contributed by atoms with Crippen LogP contribution in [-0.2, 0) is 16.0 Å². The second-order valence-corrected chi connectivity index (χ2v) is 5.77. The van der Waals surface area contributed by atoms with E-state index < -0.39 is 0 Å². The summed E-state index contributed by atoms with van der Waals surface area (Å²) >= 11 is 6.31. The van der Waals surface area contributed by atoms with Crippen LogP contribution in [0.1, 0.15) is 5.69 Å². The van der Waals surface area contributed by atoms with Crippen LogP contribution in [0.2, 0.25) is 5.02 Å². The van der Waals surface area contributed by atoms with E-state index in [1.165, 1.54) is 0 Å². The Morgan fingerprint density at radius 1 is 1.38 bits per heavy atom. The molecule has 0 bridgehead atoms. The highest BCUT2D eigenvalue weighted by Gasteiger charge is 2.18. The Balaban J connectivity index is 1.66. The SMILES string of the molecule is O=C1CN(c2ccc(NC(=O)Cc3cnccn3)cc2Cl)CCN1. The Kier molecular flexibility index (Phi) is 4.90. The molecule has 1 aliphatic rings. The van der Waals surface area contributed by atoms with Crippen molar-refractivity contribution in [3.05, 3.63) is 47.5 Å². The molecule has 1 fully saturated rings. The van der Waals surface area contributed by atoms with Crippen molar-refractivity contribution in [1.82, 2.24) is 15.3 Å². The first kappa shape index (κ1) is 16.2. The lowest BCUT2D eigenvalue weighted by molar-refractivity contribution is -0.120. The Labute approximate surface area is 144 Å². The van der Waals surface area contributed by atoms with E-state index in [0.717, 1.165) is 5.69 Å². The van der Waals surface area contributed by atoms with Crippen LogP contribution >= 0.6 is 11.6 Å². The third-order valence-electron chi connectivity index (χ3n) is 3.57. The summed E-state index contributed by atoms with van der Waals surface area (Å²) in [6.45, 7) is 1.56. The molecule has 3 rings (SSSR count). The third kappa shape index (κ3) is 3.99. The van der Waals surface area contributed by atoms with Gasteiger partial charge in [0, 0.05) is 37.4 Å². The minimum absolute atomic E-state index is 0.0290.